The standard InChI is InChI=1S/C11H19ClN2O/c1-9(12)8-14-10(15)7-11(13)5-3-2-4-6-11/h1-8,13H2,(H,14,15). The zero-order chi connectivity index (χ0) is 11.3. The van der Waals surface area contributed by atoms with Crippen LogP contribution in [0.25, 0.3) is 0 Å². The molecule has 1 saturated carbocycles. The summed E-state index contributed by atoms with van der Waals surface area (Å²) in [6, 6.07) is 0. The van der Waals surface area contributed by atoms with Crippen LogP contribution in [0.15, 0.2) is 11.6 Å². The van der Waals surface area contributed by atoms with Crippen LogP contribution in [0.2, 0.25) is 0 Å². The molecule has 15 heavy (non-hydrogen) atoms. The molecule has 0 unspecified atom stereocenters. The molecule has 0 aliphatic heterocycles. The Labute approximate surface area is 96.0 Å². The number of carbonyl (C=O) groups excluding carboxylic acids is 1. The third kappa shape index (κ3) is 4.67. The van der Waals surface area contributed by atoms with E-state index in [4.69, 9.17) is 17.3 Å². The fraction of sp³-hybridized carbons (Fsp3) is 0.727. The number of carbonyl (C=O) groups is 1. The first-order valence-corrected chi connectivity index (χ1v) is 5.78. The smallest absolute Gasteiger partial charge is 0.222 e. The summed E-state index contributed by atoms with van der Waals surface area (Å²) in [7, 11) is 0. The Hall–Kier alpha value is -0.540. The molecule has 3 N–H and O–H groups in total. The molecule has 0 atom stereocenters. The van der Waals surface area contributed by atoms with Crippen LogP contribution >= 0.6 is 11.6 Å². The van der Waals surface area contributed by atoms with Crippen molar-refractivity contribution in [1.29, 1.82) is 0 Å². The molecule has 0 aromatic heterocycles. The van der Waals surface area contributed by atoms with E-state index in [0.29, 0.717) is 18.0 Å². The van der Waals surface area contributed by atoms with Gasteiger partial charge in [0.15, 0.2) is 0 Å². The lowest BCUT2D eigenvalue weighted by molar-refractivity contribution is -0.122. The molecular formula is C11H19ClN2O. The highest BCUT2D eigenvalue weighted by Gasteiger charge is 2.29. The molecule has 1 aliphatic carbocycles. The van der Waals surface area contributed by atoms with Gasteiger partial charge in [-0.05, 0) is 12.8 Å². The monoisotopic (exact) mass is 230 g/mol. The predicted molar refractivity (Wildman–Crippen MR) is 62.6 cm³/mol. The van der Waals surface area contributed by atoms with E-state index in [1.54, 1.807) is 0 Å². The molecule has 0 heterocycles. The third-order valence-corrected chi connectivity index (χ3v) is 2.97. The second-order valence-corrected chi connectivity index (χ2v) is 4.93. The van der Waals surface area contributed by atoms with Crippen LogP contribution in [0.1, 0.15) is 38.5 Å². The minimum atomic E-state index is -0.296. The minimum absolute atomic E-state index is 0.0267. The largest absolute Gasteiger partial charge is 0.351 e. The van der Waals surface area contributed by atoms with Gasteiger partial charge in [-0.1, -0.05) is 37.4 Å². The Morgan fingerprint density at radius 1 is 1.40 bits per heavy atom. The van der Waals surface area contributed by atoms with Gasteiger partial charge in [-0.25, -0.2) is 0 Å². The Balaban J connectivity index is 2.32. The van der Waals surface area contributed by atoms with Crippen LogP contribution < -0.4 is 11.1 Å². The van der Waals surface area contributed by atoms with Crippen molar-refractivity contribution in [3.8, 4) is 0 Å². The van der Waals surface area contributed by atoms with Crippen LogP contribution in [0.3, 0.4) is 0 Å². The van der Waals surface area contributed by atoms with Crippen LogP contribution in [0, 0.1) is 0 Å². The first-order chi connectivity index (χ1) is 7.02. The first-order valence-electron chi connectivity index (χ1n) is 5.41. The van der Waals surface area contributed by atoms with Crippen molar-refractivity contribution in [2.75, 3.05) is 6.54 Å². The van der Waals surface area contributed by atoms with Crippen molar-refractivity contribution in [1.82, 2.24) is 5.32 Å². The van der Waals surface area contributed by atoms with E-state index in [0.717, 1.165) is 25.7 Å². The zero-order valence-corrected chi connectivity index (χ0v) is 9.78. The van der Waals surface area contributed by atoms with Gasteiger partial charge < -0.3 is 11.1 Å². The summed E-state index contributed by atoms with van der Waals surface area (Å²) in [5.74, 6) is -0.0267. The number of amides is 1. The molecule has 0 aromatic carbocycles. The number of hydrogen-bond acceptors (Lipinski definition) is 2. The minimum Gasteiger partial charge on any atom is -0.351 e. The molecule has 1 rings (SSSR count). The fourth-order valence-corrected chi connectivity index (χ4v) is 2.08. The van der Waals surface area contributed by atoms with E-state index in [1.807, 2.05) is 0 Å². The van der Waals surface area contributed by atoms with Gasteiger partial charge in [0, 0.05) is 17.0 Å². The predicted octanol–water partition coefficient (Wildman–Crippen LogP) is 1.91. The summed E-state index contributed by atoms with van der Waals surface area (Å²) < 4.78 is 0. The summed E-state index contributed by atoms with van der Waals surface area (Å²) in [6.07, 6.45) is 5.79. The van der Waals surface area contributed by atoms with Gasteiger partial charge in [0.05, 0.1) is 6.54 Å². The van der Waals surface area contributed by atoms with Gasteiger partial charge >= 0.3 is 0 Å². The quantitative estimate of drug-likeness (QED) is 0.775. The lowest BCUT2D eigenvalue weighted by atomic mass is 9.80. The normalized spacial score (nSPS) is 19.6. The number of nitrogens with one attached hydrogen (secondary N) is 1. The maximum absolute atomic E-state index is 11.5. The lowest BCUT2D eigenvalue weighted by Crippen LogP contribution is -2.46. The molecule has 1 amide bonds. The molecule has 3 nitrogen and oxygen atoms in total. The molecule has 0 aromatic rings. The maximum Gasteiger partial charge on any atom is 0.222 e. The lowest BCUT2D eigenvalue weighted by Gasteiger charge is -2.32. The van der Waals surface area contributed by atoms with Crippen LogP contribution in [0.5, 0.6) is 0 Å². The van der Waals surface area contributed by atoms with Gasteiger partial charge in [0.25, 0.3) is 0 Å². The number of hydrogen-bond donors (Lipinski definition) is 2. The first kappa shape index (κ1) is 12.5. The van der Waals surface area contributed by atoms with Gasteiger partial charge in [-0.15, -0.1) is 0 Å². The van der Waals surface area contributed by atoms with Gasteiger partial charge in [-0.3, -0.25) is 4.79 Å². The topological polar surface area (TPSA) is 55.1 Å². The highest BCUT2D eigenvalue weighted by atomic mass is 35.5. The molecule has 86 valence electrons. The molecule has 1 aliphatic rings. The number of rotatable bonds is 4. The van der Waals surface area contributed by atoms with E-state index >= 15 is 0 Å². The molecule has 0 radical (unpaired) electrons. The van der Waals surface area contributed by atoms with Crippen molar-refractivity contribution in [3.63, 3.8) is 0 Å². The van der Waals surface area contributed by atoms with Gasteiger partial charge in [-0.2, -0.15) is 0 Å². The Morgan fingerprint density at radius 3 is 2.53 bits per heavy atom. The third-order valence-electron chi connectivity index (χ3n) is 2.84. The van der Waals surface area contributed by atoms with Crippen molar-refractivity contribution >= 4 is 17.5 Å². The fourth-order valence-electron chi connectivity index (χ4n) is 2.01. The molecule has 1 fully saturated rings. The average Bonchev–Trinajstić information content (AvgIpc) is 2.15. The van der Waals surface area contributed by atoms with Crippen molar-refractivity contribution < 1.29 is 4.79 Å². The van der Waals surface area contributed by atoms with Crippen molar-refractivity contribution in [2.24, 2.45) is 5.73 Å². The molecule has 0 spiro atoms. The Kier molecular flexibility index (Phi) is 4.61. The number of halogens is 1. The van der Waals surface area contributed by atoms with Crippen LogP contribution in [-0.2, 0) is 4.79 Å². The second-order valence-electron chi connectivity index (χ2n) is 4.39. The molecule has 0 bridgehead atoms. The summed E-state index contributed by atoms with van der Waals surface area (Å²) in [4.78, 5) is 11.5. The van der Waals surface area contributed by atoms with Crippen molar-refractivity contribution in [2.45, 2.75) is 44.1 Å². The number of nitrogens with two attached hydrogens (primary N) is 1. The van der Waals surface area contributed by atoms with Crippen LogP contribution in [0.4, 0.5) is 0 Å². The second kappa shape index (κ2) is 5.52. The SMILES string of the molecule is C=C(Cl)CNC(=O)CC1(N)CCCCC1. The summed E-state index contributed by atoms with van der Waals surface area (Å²) >= 11 is 5.56. The van der Waals surface area contributed by atoms with Gasteiger partial charge in [0.1, 0.15) is 0 Å². The van der Waals surface area contributed by atoms with E-state index in [2.05, 4.69) is 11.9 Å². The zero-order valence-electron chi connectivity index (χ0n) is 9.02. The van der Waals surface area contributed by atoms with Crippen molar-refractivity contribution in [3.05, 3.63) is 11.6 Å². The summed E-state index contributed by atoms with van der Waals surface area (Å²) in [5, 5.41) is 3.15. The molecular weight excluding hydrogens is 212 g/mol. The van der Waals surface area contributed by atoms with E-state index in [-0.39, 0.29) is 11.4 Å². The van der Waals surface area contributed by atoms with Crippen LogP contribution in [-0.4, -0.2) is 18.0 Å². The Morgan fingerprint density at radius 2 is 2.00 bits per heavy atom. The highest BCUT2D eigenvalue weighted by Crippen LogP contribution is 2.28. The molecule has 4 heteroatoms. The molecule has 0 saturated heterocycles. The van der Waals surface area contributed by atoms with E-state index in [9.17, 15) is 4.79 Å². The highest BCUT2D eigenvalue weighted by molar-refractivity contribution is 6.29. The average molecular weight is 231 g/mol. The van der Waals surface area contributed by atoms with E-state index < -0.39 is 0 Å². The summed E-state index contributed by atoms with van der Waals surface area (Å²) in [6.45, 7) is 3.84. The Bertz CT molecular complexity index is 247. The van der Waals surface area contributed by atoms with Gasteiger partial charge in [0.2, 0.25) is 5.91 Å². The summed E-state index contributed by atoms with van der Waals surface area (Å²) in [5.41, 5.74) is 5.85. The maximum atomic E-state index is 11.5. The van der Waals surface area contributed by atoms with E-state index in [1.165, 1.54) is 6.42 Å².